The summed E-state index contributed by atoms with van der Waals surface area (Å²) in [6, 6.07) is 8.60. The maximum Gasteiger partial charge on any atom is 0.344 e. The van der Waals surface area contributed by atoms with E-state index in [4.69, 9.17) is 4.74 Å². The van der Waals surface area contributed by atoms with Crippen LogP contribution in [0.15, 0.2) is 30.3 Å². The molecule has 1 aromatic carbocycles. The van der Waals surface area contributed by atoms with Crippen LogP contribution in [0.5, 0.6) is 0 Å². The lowest BCUT2D eigenvalue weighted by atomic mass is 9.81. The van der Waals surface area contributed by atoms with Crippen molar-refractivity contribution in [1.29, 1.82) is 0 Å². The molecule has 0 spiro atoms. The molecule has 8 nitrogen and oxygen atoms in total. The first kappa shape index (κ1) is 28.3. The Balaban J connectivity index is 2.25. The third-order valence-corrected chi connectivity index (χ3v) is 5.94. The highest BCUT2D eigenvalue weighted by atomic mass is 16.6. The number of nitrogens with one attached hydrogen (secondary N) is 2. The van der Waals surface area contributed by atoms with Gasteiger partial charge in [0.1, 0.15) is 11.6 Å². The minimum atomic E-state index is -0.751. The third kappa shape index (κ3) is 8.37. The van der Waals surface area contributed by atoms with E-state index in [1.165, 1.54) is 0 Å². The summed E-state index contributed by atoms with van der Waals surface area (Å²) in [6.45, 7) is 13.0. The number of rotatable bonds is 11. The molecule has 0 unspecified atom stereocenters. The highest BCUT2D eigenvalue weighted by Gasteiger charge is 2.43. The van der Waals surface area contributed by atoms with Gasteiger partial charge in [0, 0.05) is 0 Å². The molecule has 0 aromatic heterocycles. The number of carbonyl (C=O) groups excluding carboxylic acids is 4. The van der Waals surface area contributed by atoms with Crippen molar-refractivity contribution >= 4 is 23.8 Å². The first-order valence-electron chi connectivity index (χ1n) is 12.5. The number of benzene rings is 1. The second-order valence-electron chi connectivity index (χ2n) is 11.1. The fourth-order valence-corrected chi connectivity index (χ4v) is 4.24. The number of carbonyl (C=O) groups is 4. The predicted molar refractivity (Wildman–Crippen MR) is 134 cm³/mol. The highest BCUT2D eigenvalue weighted by Crippen LogP contribution is 2.29. The van der Waals surface area contributed by atoms with Crippen molar-refractivity contribution in [2.75, 3.05) is 0 Å². The Morgan fingerprint density at radius 2 is 1.69 bits per heavy atom. The zero-order valence-corrected chi connectivity index (χ0v) is 22.1. The third-order valence-electron chi connectivity index (χ3n) is 5.94. The van der Waals surface area contributed by atoms with Crippen molar-refractivity contribution in [3.05, 3.63) is 35.9 Å². The highest BCUT2D eigenvalue weighted by molar-refractivity contribution is 6.05. The maximum atomic E-state index is 13.5. The van der Waals surface area contributed by atoms with Crippen LogP contribution in [0.25, 0.3) is 0 Å². The smallest absolute Gasteiger partial charge is 0.344 e. The molecule has 1 aliphatic heterocycles. The average Bonchev–Trinajstić information content (AvgIpc) is 3.03. The van der Waals surface area contributed by atoms with E-state index in [1.807, 2.05) is 58.0 Å². The Morgan fingerprint density at radius 1 is 1.06 bits per heavy atom. The summed E-state index contributed by atoms with van der Waals surface area (Å²) in [7, 11) is 0. The van der Waals surface area contributed by atoms with Crippen molar-refractivity contribution in [2.45, 2.75) is 85.8 Å². The lowest BCUT2D eigenvalue weighted by Gasteiger charge is -2.30. The molecule has 0 saturated carbocycles. The summed E-state index contributed by atoms with van der Waals surface area (Å²) in [5, 5.41) is 3.35. The van der Waals surface area contributed by atoms with Gasteiger partial charge in [-0.3, -0.25) is 19.8 Å². The topological polar surface area (TPSA) is 105 Å². The maximum absolute atomic E-state index is 13.5. The summed E-state index contributed by atoms with van der Waals surface area (Å²) >= 11 is 0. The second-order valence-corrected chi connectivity index (χ2v) is 11.1. The van der Waals surface area contributed by atoms with Gasteiger partial charge < -0.3 is 10.1 Å². The molecule has 4 amide bonds. The predicted octanol–water partition coefficient (Wildman–Crippen LogP) is 4.24. The molecule has 1 heterocycles. The number of hydrogen-bond acceptors (Lipinski definition) is 5. The molecule has 1 aromatic rings. The van der Waals surface area contributed by atoms with E-state index in [-0.39, 0.29) is 11.8 Å². The largest absolute Gasteiger partial charge is 0.460 e. The van der Waals surface area contributed by atoms with Gasteiger partial charge in [-0.1, -0.05) is 58.0 Å². The van der Waals surface area contributed by atoms with E-state index in [1.54, 1.807) is 20.8 Å². The number of amides is 4. The summed E-state index contributed by atoms with van der Waals surface area (Å²) < 4.78 is 5.70. The summed E-state index contributed by atoms with van der Waals surface area (Å²) in [5.74, 6) is -2.93. The van der Waals surface area contributed by atoms with Crippen molar-refractivity contribution in [3.63, 3.8) is 0 Å². The summed E-state index contributed by atoms with van der Waals surface area (Å²) in [6.07, 6.45) is 2.31. The van der Waals surface area contributed by atoms with Crippen LogP contribution in [0.4, 0.5) is 4.79 Å². The van der Waals surface area contributed by atoms with E-state index in [0.29, 0.717) is 19.3 Å². The molecule has 8 heteroatoms. The number of urea groups is 1. The lowest BCUT2D eigenvalue weighted by Crippen LogP contribution is -2.51. The van der Waals surface area contributed by atoms with Gasteiger partial charge in [-0.05, 0) is 63.9 Å². The normalized spacial score (nSPS) is 18.0. The molecule has 2 N–H and O–H groups in total. The van der Waals surface area contributed by atoms with Gasteiger partial charge in [0.15, 0.2) is 0 Å². The standard InChI is InChI=1S/C27H41N3O5/c1-17(2)16-21(23(31)29-30-24(32)22(18(3)4)28-26(30)34)20(25(33)35-27(5,6)7)15-11-14-19-12-9-8-10-13-19/h8-10,12-13,17-18,20-22H,11,14-16H2,1-7H3,(H,28,34)(H,29,31)/t20-,21+,22-/m0/s1. The number of hydrazine groups is 1. The van der Waals surface area contributed by atoms with E-state index in [9.17, 15) is 19.2 Å². The minimum absolute atomic E-state index is 0.108. The summed E-state index contributed by atoms with van der Waals surface area (Å²) in [4.78, 5) is 51.8. The van der Waals surface area contributed by atoms with Crippen LogP contribution < -0.4 is 10.7 Å². The Hall–Kier alpha value is -2.90. The monoisotopic (exact) mass is 487 g/mol. The Kier molecular flexibility index (Phi) is 9.86. The molecule has 2 rings (SSSR count). The lowest BCUT2D eigenvalue weighted by molar-refractivity contribution is -0.165. The molecule has 1 saturated heterocycles. The van der Waals surface area contributed by atoms with E-state index in [0.717, 1.165) is 17.0 Å². The Morgan fingerprint density at radius 3 is 2.20 bits per heavy atom. The Bertz CT molecular complexity index is 892. The van der Waals surface area contributed by atoms with E-state index < -0.39 is 47.3 Å². The molecule has 1 fully saturated rings. The zero-order valence-electron chi connectivity index (χ0n) is 22.1. The number of hydrogen-bond donors (Lipinski definition) is 2. The number of ether oxygens (including phenoxy) is 1. The van der Waals surface area contributed by atoms with Crippen LogP contribution >= 0.6 is 0 Å². The van der Waals surface area contributed by atoms with Crippen molar-refractivity contribution < 1.29 is 23.9 Å². The Labute approximate surface area is 209 Å². The van der Waals surface area contributed by atoms with Gasteiger partial charge in [0.2, 0.25) is 5.91 Å². The van der Waals surface area contributed by atoms with Crippen LogP contribution in [-0.2, 0) is 25.5 Å². The van der Waals surface area contributed by atoms with Crippen LogP contribution in [0.2, 0.25) is 0 Å². The van der Waals surface area contributed by atoms with Gasteiger partial charge in [-0.25, -0.2) is 4.79 Å². The van der Waals surface area contributed by atoms with Gasteiger partial charge in [-0.15, -0.1) is 0 Å². The van der Waals surface area contributed by atoms with Crippen LogP contribution in [-0.4, -0.2) is 40.5 Å². The second kappa shape index (κ2) is 12.2. The van der Waals surface area contributed by atoms with E-state index >= 15 is 0 Å². The fourth-order valence-electron chi connectivity index (χ4n) is 4.24. The van der Waals surface area contributed by atoms with Crippen LogP contribution in [0, 0.1) is 23.7 Å². The molecule has 35 heavy (non-hydrogen) atoms. The van der Waals surface area contributed by atoms with Crippen LogP contribution in [0.1, 0.15) is 73.3 Å². The summed E-state index contributed by atoms with van der Waals surface area (Å²) in [5.41, 5.74) is 2.95. The molecule has 0 aliphatic carbocycles. The molecular weight excluding hydrogens is 446 g/mol. The van der Waals surface area contributed by atoms with Crippen molar-refractivity contribution in [2.24, 2.45) is 23.7 Å². The number of nitrogens with zero attached hydrogens (tertiary/aromatic N) is 1. The average molecular weight is 488 g/mol. The molecular formula is C27H41N3O5. The number of esters is 1. The molecule has 3 atom stereocenters. The van der Waals surface area contributed by atoms with Gasteiger partial charge in [-0.2, -0.15) is 5.01 Å². The number of imide groups is 1. The minimum Gasteiger partial charge on any atom is -0.460 e. The molecule has 1 aliphatic rings. The first-order chi connectivity index (χ1) is 16.3. The molecule has 0 radical (unpaired) electrons. The quantitative estimate of drug-likeness (QED) is 0.359. The van der Waals surface area contributed by atoms with Gasteiger partial charge in [0.25, 0.3) is 5.91 Å². The van der Waals surface area contributed by atoms with Crippen molar-refractivity contribution in [1.82, 2.24) is 15.8 Å². The molecule has 0 bridgehead atoms. The fraction of sp³-hybridized carbons (Fsp3) is 0.630. The molecule has 194 valence electrons. The number of aryl methyl sites for hydroxylation is 1. The van der Waals surface area contributed by atoms with Gasteiger partial charge in [0.05, 0.1) is 11.8 Å². The first-order valence-corrected chi connectivity index (χ1v) is 12.5. The zero-order chi connectivity index (χ0) is 26.3. The van der Waals surface area contributed by atoms with Crippen LogP contribution in [0.3, 0.4) is 0 Å². The van der Waals surface area contributed by atoms with E-state index in [2.05, 4.69) is 10.7 Å². The SMILES string of the molecule is CC(C)C[C@@H](C(=O)NN1C(=O)N[C@@H](C(C)C)C1=O)[C@H](CCCc1ccccc1)C(=O)OC(C)(C)C. The van der Waals surface area contributed by atoms with Gasteiger partial charge >= 0.3 is 12.0 Å². The van der Waals surface area contributed by atoms with Crippen molar-refractivity contribution in [3.8, 4) is 0 Å².